The van der Waals surface area contributed by atoms with Crippen LogP contribution in [-0.4, -0.2) is 9.97 Å². The minimum Gasteiger partial charge on any atom is -0.247 e. The lowest BCUT2D eigenvalue weighted by atomic mass is 10.4. The van der Waals surface area contributed by atoms with Gasteiger partial charge in [0.25, 0.3) is 0 Å². The van der Waals surface area contributed by atoms with Gasteiger partial charge in [-0.2, -0.15) is 13.2 Å². The summed E-state index contributed by atoms with van der Waals surface area (Å²) in [4.78, 5) is 6.44. The zero-order chi connectivity index (χ0) is 9.19. The highest BCUT2D eigenvalue weighted by atomic mass is 19.4. The van der Waals surface area contributed by atoms with Gasteiger partial charge in [-0.25, -0.2) is 9.97 Å². The Labute approximate surface area is 66.5 Å². The fraction of sp³-hybridized carbons (Fsp3) is 0.143. The normalized spacial score (nSPS) is 10.8. The molecule has 0 saturated carbocycles. The lowest BCUT2D eigenvalue weighted by Gasteiger charge is -2.03. The van der Waals surface area contributed by atoms with Crippen molar-refractivity contribution in [3.8, 4) is 12.3 Å². The summed E-state index contributed by atoms with van der Waals surface area (Å²) in [6.07, 6.45) is 1.93. The maximum atomic E-state index is 11.9. The average Bonchev–Trinajstić information content (AvgIpc) is 2.03. The third-order valence-corrected chi connectivity index (χ3v) is 1.09. The number of rotatable bonds is 0. The third-order valence-electron chi connectivity index (χ3n) is 1.09. The Hall–Kier alpha value is -1.57. The third kappa shape index (κ3) is 1.72. The molecule has 5 heteroatoms. The van der Waals surface area contributed by atoms with E-state index in [1.165, 1.54) is 0 Å². The predicted octanol–water partition coefficient (Wildman–Crippen LogP) is 1.48. The molecule has 0 aliphatic heterocycles. The molecule has 0 unspecified atom stereocenters. The van der Waals surface area contributed by atoms with E-state index in [2.05, 4.69) is 15.9 Å². The first-order valence-corrected chi connectivity index (χ1v) is 2.90. The fourth-order valence-electron chi connectivity index (χ4n) is 0.549. The molecule has 1 aromatic heterocycles. The van der Waals surface area contributed by atoms with E-state index in [4.69, 9.17) is 6.42 Å². The Balaban J connectivity index is 3.02. The van der Waals surface area contributed by atoms with Crippen LogP contribution >= 0.6 is 0 Å². The zero-order valence-electron chi connectivity index (χ0n) is 5.76. The summed E-state index contributed by atoms with van der Waals surface area (Å²) in [6.45, 7) is 0. The largest absolute Gasteiger partial charge is 0.434 e. The molecular formula is C7H3F3N2. The molecule has 12 heavy (non-hydrogen) atoms. The molecule has 1 aromatic rings. The van der Waals surface area contributed by atoms with Gasteiger partial charge in [0, 0.05) is 0 Å². The van der Waals surface area contributed by atoms with Crippen LogP contribution in [0, 0.1) is 12.3 Å². The molecule has 0 saturated heterocycles. The molecule has 1 rings (SSSR count). The van der Waals surface area contributed by atoms with Crippen molar-refractivity contribution in [2.45, 2.75) is 6.18 Å². The van der Waals surface area contributed by atoms with Crippen LogP contribution in [0.1, 0.15) is 11.4 Å². The van der Waals surface area contributed by atoms with Crippen molar-refractivity contribution >= 4 is 0 Å². The lowest BCUT2D eigenvalue weighted by molar-refractivity contribution is -0.141. The van der Waals surface area contributed by atoms with Crippen LogP contribution < -0.4 is 0 Å². The Morgan fingerprint density at radius 2 is 1.92 bits per heavy atom. The van der Waals surface area contributed by atoms with Gasteiger partial charge in [-0.1, -0.05) is 0 Å². The summed E-state index contributed by atoms with van der Waals surface area (Å²) < 4.78 is 35.6. The zero-order valence-corrected chi connectivity index (χ0v) is 5.76. The van der Waals surface area contributed by atoms with Gasteiger partial charge >= 0.3 is 6.18 Å². The van der Waals surface area contributed by atoms with Crippen LogP contribution in [0.25, 0.3) is 0 Å². The molecule has 0 bridgehead atoms. The monoisotopic (exact) mass is 172 g/mol. The molecule has 62 valence electrons. The molecule has 0 N–H and O–H groups in total. The molecular weight excluding hydrogens is 169 g/mol. The number of hydrogen-bond acceptors (Lipinski definition) is 2. The van der Waals surface area contributed by atoms with Gasteiger partial charge in [-0.05, 0) is 5.92 Å². The van der Waals surface area contributed by atoms with Gasteiger partial charge in [0.2, 0.25) is 0 Å². The summed E-state index contributed by atoms with van der Waals surface area (Å²) in [7, 11) is 0. The van der Waals surface area contributed by atoms with Crippen molar-refractivity contribution < 1.29 is 13.2 Å². The summed E-state index contributed by atoms with van der Waals surface area (Å²) in [5, 5.41) is 0. The second-order valence-corrected chi connectivity index (χ2v) is 1.93. The van der Waals surface area contributed by atoms with E-state index < -0.39 is 11.9 Å². The summed E-state index contributed by atoms with van der Waals surface area (Å²) in [5.74, 6) is 2.06. The molecule has 1 heterocycles. The molecule has 0 radical (unpaired) electrons. The summed E-state index contributed by atoms with van der Waals surface area (Å²) >= 11 is 0. The highest BCUT2D eigenvalue weighted by Gasteiger charge is 2.32. The lowest BCUT2D eigenvalue weighted by Crippen LogP contribution is -2.08. The van der Waals surface area contributed by atoms with E-state index in [-0.39, 0.29) is 5.69 Å². The van der Waals surface area contributed by atoms with E-state index in [1.54, 1.807) is 0 Å². The second-order valence-electron chi connectivity index (χ2n) is 1.93. The van der Waals surface area contributed by atoms with Crippen LogP contribution in [0.2, 0.25) is 0 Å². The average molecular weight is 172 g/mol. The Morgan fingerprint density at radius 1 is 1.25 bits per heavy atom. The molecule has 0 aromatic carbocycles. The van der Waals surface area contributed by atoms with E-state index in [0.717, 1.165) is 6.20 Å². The predicted molar refractivity (Wildman–Crippen MR) is 35.0 cm³/mol. The molecule has 0 fully saturated rings. The minimum absolute atomic E-state index is 0.0861. The first-order valence-electron chi connectivity index (χ1n) is 2.90. The van der Waals surface area contributed by atoms with E-state index in [0.29, 0.717) is 6.20 Å². The van der Waals surface area contributed by atoms with Gasteiger partial charge in [0.15, 0.2) is 5.69 Å². The van der Waals surface area contributed by atoms with E-state index in [9.17, 15) is 13.2 Å². The van der Waals surface area contributed by atoms with Crippen LogP contribution in [-0.2, 0) is 6.18 Å². The number of alkyl halides is 3. The fourth-order valence-corrected chi connectivity index (χ4v) is 0.549. The van der Waals surface area contributed by atoms with Crippen LogP contribution in [0.15, 0.2) is 12.4 Å². The second kappa shape index (κ2) is 2.81. The Bertz CT molecular complexity index is 307. The van der Waals surface area contributed by atoms with Gasteiger partial charge < -0.3 is 0 Å². The molecule has 0 aliphatic rings. The molecule has 0 spiro atoms. The Kier molecular flexibility index (Phi) is 2.00. The number of hydrogen-bond donors (Lipinski definition) is 0. The standard InChI is InChI=1S/C7H3F3N2/c1-2-5-3-12-6(4-11-5)7(8,9)10/h1,3-4H. The van der Waals surface area contributed by atoms with Gasteiger partial charge in [-0.15, -0.1) is 6.42 Å². The number of terminal acetylenes is 1. The van der Waals surface area contributed by atoms with Gasteiger partial charge in [0.05, 0.1) is 12.4 Å². The van der Waals surface area contributed by atoms with Crippen molar-refractivity contribution in [1.82, 2.24) is 9.97 Å². The molecule has 0 amide bonds. The summed E-state index contributed by atoms with van der Waals surface area (Å²) in [6, 6.07) is 0. The quantitative estimate of drug-likeness (QED) is 0.554. The SMILES string of the molecule is C#Cc1cnc(C(F)(F)F)cn1. The maximum absolute atomic E-state index is 11.9. The highest BCUT2D eigenvalue weighted by molar-refractivity contribution is 5.21. The first kappa shape index (κ1) is 8.53. The van der Waals surface area contributed by atoms with Gasteiger partial charge in [-0.3, -0.25) is 0 Å². The van der Waals surface area contributed by atoms with E-state index in [1.807, 2.05) is 0 Å². The van der Waals surface area contributed by atoms with Crippen molar-refractivity contribution in [3.63, 3.8) is 0 Å². The number of halogens is 3. The molecule has 0 atom stereocenters. The molecule has 2 nitrogen and oxygen atoms in total. The number of aromatic nitrogens is 2. The smallest absolute Gasteiger partial charge is 0.247 e. The van der Waals surface area contributed by atoms with Crippen LogP contribution in [0.4, 0.5) is 13.2 Å². The van der Waals surface area contributed by atoms with Gasteiger partial charge in [0.1, 0.15) is 5.69 Å². The van der Waals surface area contributed by atoms with Crippen molar-refractivity contribution in [2.24, 2.45) is 0 Å². The van der Waals surface area contributed by atoms with Crippen LogP contribution in [0.5, 0.6) is 0 Å². The molecule has 0 aliphatic carbocycles. The van der Waals surface area contributed by atoms with Crippen molar-refractivity contribution in [2.75, 3.05) is 0 Å². The van der Waals surface area contributed by atoms with Crippen LogP contribution in [0.3, 0.4) is 0 Å². The van der Waals surface area contributed by atoms with Crippen molar-refractivity contribution in [3.05, 3.63) is 23.8 Å². The van der Waals surface area contributed by atoms with E-state index >= 15 is 0 Å². The topological polar surface area (TPSA) is 25.8 Å². The Morgan fingerprint density at radius 3 is 2.25 bits per heavy atom. The van der Waals surface area contributed by atoms with Crippen molar-refractivity contribution in [1.29, 1.82) is 0 Å². The highest BCUT2D eigenvalue weighted by Crippen LogP contribution is 2.26. The maximum Gasteiger partial charge on any atom is 0.434 e. The minimum atomic E-state index is -4.46. The summed E-state index contributed by atoms with van der Waals surface area (Å²) in [5.41, 5.74) is -0.954. The first-order chi connectivity index (χ1) is 5.54. The number of nitrogens with zero attached hydrogens (tertiary/aromatic N) is 2.